The molecule has 10 nitrogen and oxygen atoms in total. The van der Waals surface area contributed by atoms with Crippen molar-refractivity contribution < 1.29 is 33.3 Å². The van der Waals surface area contributed by atoms with Crippen LogP contribution in [-0.4, -0.2) is 76.8 Å². The van der Waals surface area contributed by atoms with Crippen LogP contribution in [-0.2, 0) is 19.1 Å². The van der Waals surface area contributed by atoms with Crippen LogP contribution in [0.3, 0.4) is 0 Å². The van der Waals surface area contributed by atoms with Crippen molar-refractivity contribution in [2.75, 3.05) is 53.4 Å². The average molecular weight is 409 g/mol. The second-order valence-electron chi connectivity index (χ2n) is 6.34. The molecule has 10 heteroatoms. The van der Waals surface area contributed by atoms with E-state index >= 15 is 0 Å². The Morgan fingerprint density at radius 3 is 2.34 bits per heavy atom. The number of esters is 1. The van der Waals surface area contributed by atoms with Gasteiger partial charge in [0.05, 0.1) is 40.9 Å². The van der Waals surface area contributed by atoms with Crippen LogP contribution < -0.4 is 24.8 Å². The zero-order chi connectivity index (χ0) is 21.4. The molecule has 2 amide bonds. The lowest BCUT2D eigenvalue weighted by Gasteiger charge is -2.34. The van der Waals surface area contributed by atoms with Crippen molar-refractivity contribution in [2.45, 2.75) is 18.9 Å². The predicted molar refractivity (Wildman–Crippen MR) is 104 cm³/mol. The molecule has 1 saturated heterocycles. The molecule has 160 valence electrons. The smallest absolute Gasteiger partial charge is 0.307 e. The Kier molecular flexibility index (Phi) is 8.08. The van der Waals surface area contributed by atoms with Gasteiger partial charge in [0.2, 0.25) is 17.6 Å². The van der Waals surface area contributed by atoms with E-state index in [1.54, 1.807) is 12.1 Å². The van der Waals surface area contributed by atoms with E-state index in [0.29, 0.717) is 42.6 Å². The zero-order valence-corrected chi connectivity index (χ0v) is 17.1. The van der Waals surface area contributed by atoms with Crippen LogP contribution in [0.25, 0.3) is 0 Å². The van der Waals surface area contributed by atoms with E-state index in [4.69, 9.17) is 14.2 Å². The lowest BCUT2D eigenvalue weighted by atomic mass is 10.1. The predicted octanol–water partition coefficient (Wildman–Crippen LogP) is 0.405. The van der Waals surface area contributed by atoms with Crippen LogP contribution in [0.1, 0.15) is 12.8 Å². The number of ether oxygens (including phenoxy) is 4. The van der Waals surface area contributed by atoms with Gasteiger partial charge in [-0.2, -0.15) is 0 Å². The number of nitrogens with zero attached hydrogens (tertiary/aromatic N) is 1. The first-order valence-electron chi connectivity index (χ1n) is 9.11. The number of piperazine rings is 1. The molecule has 1 atom stereocenters. The molecule has 1 fully saturated rings. The molecule has 1 aromatic rings. The quantitative estimate of drug-likeness (QED) is 0.564. The number of nitrogens with one attached hydrogen (secondary N) is 2. The van der Waals surface area contributed by atoms with Gasteiger partial charge < -0.3 is 29.6 Å². The molecule has 0 saturated carbocycles. The minimum atomic E-state index is -0.648. The highest BCUT2D eigenvalue weighted by Gasteiger charge is 2.32. The summed E-state index contributed by atoms with van der Waals surface area (Å²) in [5.41, 5.74) is 0.493. The number of hydrogen-bond donors (Lipinski definition) is 2. The summed E-state index contributed by atoms with van der Waals surface area (Å²) in [5, 5.41) is 5.51. The van der Waals surface area contributed by atoms with Gasteiger partial charge in [-0.05, 0) is 0 Å². The van der Waals surface area contributed by atoms with E-state index in [-0.39, 0.29) is 24.7 Å². The lowest BCUT2D eigenvalue weighted by molar-refractivity contribution is -0.146. The summed E-state index contributed by atoms with van der Waals surface area (Å²) < 4.78 is 20.5. The maximum atomic E-state index is 12.4. The molecule has 2 N–H and O–H groups in total. The third-order valence-corrected chi connectivity index (χ3v) is 4.60. The molecule has 0 spiro atoms. The topological polar surface area (TPSA) is 115 Å². The van der Waals surface area contributed by atoms with E-state index in [9.17, 15) is 14.4 Å². The molecule has 29 heavy (non-hydrogen) atoms. The van der Waals surface area contributed by atoms with Crippen LogP contribution in [0.4, 0.5) is 5.69 Å². The molecule has 1 heterocycles. The summed E-state index contributed by atoms with van der Waals surface area (Å²) >= 11 is 0. The van der Waals surface area contributed by atoms with Crippen LogP contribution in [0.15, 0.2) is 12.1 Å². The van der Waals surface area contributed by atoms with E-state index in [2.05, 4.69) is 15.4 Å². The van der Waals surface area contributed by atoms with Crippen molar-refractivity contribution in [2.24, 2.45) is 0 Å². The second-order valence-corrected chi connectivity index (χ2v) is 6.34. The Balaban J connectivity index is 2.01. The Hall–Kier alpha value is -3.01. The fourth-order valence-electron chi connectivity index (χ4n) is 3.11. The largest absolute Gasteiger partial charge is 0.493 e. The first kappa shape index (κ1) is 22.3. The summed E-state index contributed by atoms with van der Waals surface area (Å²) in [5.74, 6) is 0.312. The van der Waals surface area contributed by atoms with Crippen LogP contribution in [0.5, 0.6) is 17.2 Å². The third-order valence-electron chi connectivity index (χ3n) is 4.60. The van der Waals surface area contributed by atoms with Gasteiger partial charge in [0.25, 0.3) is 0 Å². The summed E-state index contributed by atoms with van der Waals surface area (Å²) in [7, 11) is 5.76. The fourth-order valence-corrected chi connectivity index (χ4v) is 3.11. The monoisotopic (exact) mass is 409 g/mol. The van der Waals surface area contributed by atoms with Crippen molar-refractivity contribution in [1.82, 2.24) is 10.2 Å². The molecule has 2 rings (SSSR count). The van der Waals surface area contributed by atoms with Gasteiger partial charge in [-0.25, -0.2) is 0 Å². The van der Waals surface area contributed by atoms with E-state index in [1.165, 1.54) is 28.4 Å². The molecule has 1 aliphatic rings. The highest BCUT2D eigenvalue weighted by Crippen LogP contribution is 2.39. The van der Waals surface area contributed by atoms with Crippen LogP contribution in [0.2, 0.25) is 0 Å². The average Bonchev–Trinajstić information content (AvgIpc) is 2.73. The molecule has 1 unspecified atom stereocenters. The number of carbonyl (C=O) groups is 3. The first-order chi connectivity index (χ1) is 13.9. The third kappa shape index (κ3) is 5.74. The highest BCUT2D eigenvalue weighted by molar-refractivity contribution is 5.92. The summed E-state index contributed by atoms with van der Waals surface area (Å²) in [6, 6.07) is 2.62. The number of methoxy groups -OCH3 is 4. The highest BCUT2D eigenvalue weighted by atomic mass is 16.5. The van der Waals surface area contributed by atoms with Crippen molar-refractivity contribution in [3.05, 3.63) is 12.1 Å². The fraction of sp³-hybridized carbons (Fsp3) is 0.526. The van der Waals surface area contributed by atoms with Gasteiger partial charge in [-0.15, -0.1) is 0 Å². The minimum Gasteiger partial charge on any atom is -0.493 e. The zero-order valence-electron chi connectivity index (χ0n) is 17.1. The number of carbonyl (C=O) groups excluding carboxylic acids is 3. The number of hydrogen-bond acceptors (Lipinski definition) is 8. The van der Waals surface area contributed by atoms with Crippen LogP contribution >= 0.6 is 0 Å². The Bertz CT molecular complexity index is 728. The molecule has 0 aromatic heterocycles. The molecule has 0 aliphatic carbocycles. The molecule has 1 aromatic carbocycles. The first-order valence-corrected chi connectivity index (χ1v) is 9.11. The van der Waals surface area contributed by atoms with E-state index < -0.39 is 12.0 Å². The summed E-state index contributed by atoms with van der Waals surface area (Å²) in [6.07, 6.45) is 0.0818. The number of benzene rings is 1. The Morgan fingerprint density at radius 1 is 1.14 bits per heavy atom. The maximum absolute atomic E-state index is 12.4. The molecular weight excluding hydrogens is 382 g/mol. The molecule has 0 radical (unpaired) electrons. The molecule has 0 bridgehead atoms. The maximum Gasteiger partial charge on any atom is 0.307 e. The van der Waals surface area contributed by atoms with Gasteiger partial charge in [0.15, 0.2) is 11.5 Å². The number of rotatable bonds is 9. The summed E-state index contributed by atoms with van der Waals surface area (Å²) in [6.45, 7) is 1.33. The van der Waals surface area contributed by atoms with Crippen LogP contribution in [0, 0.1) is 0 Å². The minimum absolute atomic E-state index is 0.0587. The molecular formula is C19H27N3O7. The van der Waals surface area contributed by atoms with Crippen molar-refractivity contribution >= 4 is 23.5 Å². The number of anilines is 1. The number of amides is 2. The van der Waals surface area contributed by atoms with Gasteiger partial charge >= 0.3 is 5.97 Å². The molecule has 1 aliphatic heterocycles. The Labute approximate surface area is 169 Å². The summed E-state index contributed by atoms with van der Waals surface area (Å²) in [4.78, 5) is 37.9. The normalized spacial score (nSPS) is 16.6. The standard InChI is InChI=1S/C19H27N3O7/c1-26-14-9-12(10-15(27-2)18(14)29-4)21-16(23)5-7-22-8-6-20-19(25)13(22)11-17(24)28-3/h9-10,13H,5-8,11H2,1-4H3,(H,20,25)(H,21,23). The van der Waals surface area contributed by atoms with Gasteiger partial charge in [-0.1, -0.05) is 0 Å². The van der Waals surface area contributed by atoms with Gasteiger partial charge in [0, 0.05) is 43.9 Å². The van der Waals surface area contributed by atoms with Crippen molar-refractivity contribution in [1.29, 1.82) is 0 Å². The second kappa shape index (κ2) is 10.5. The van der Waals surface area contributed by atoms with Gasteiger partial charge in [0.1, 0.15) is 0 Å². The lowest BCUT2D eigenvalue weighted by Crippen LogP contribution is -2.56. The van der Waals surface area contributed by atoms with Gasteiger partial charge in [-0.3, -0.25) is 19.3 Å². The van der Waals surface area contributed by atoms with Crippen molar-refractivity contribution in [3.63, 3.8) is 0 Å². The van der Waals surface area contributed by atoms with E-state index in [0.717, 1.165) is 0 Å². The Morgan fingerprint density at radius 2 is 1.79 bits per heavy atom. The van der Waals surface area contributed by atoms with Crippen molar-refractivity contribution in [3.8, 4) is 17.2 Å². The SMILES string of the molecule is COC(=O)CC1C(=O)NCCN1CCC(=O)Nc1cc(OC)c(OC)c(OC)c1. The van der Waals surface area contributed by atoms with E-state index in [1.807, 2.05) is 4.90 Å².